The average Bonchev–Trinajstić information content (AvgIpc) is 2.54. The molecule has 0 fully saturated rings. The Kier molecular flexibility index (Phi) is 4.95. The molecule has 0 saturated heterocycles. The van der Waals surface area contributed by atoms with Gasteiger partial charge in [-0.05, 0) is 35.2 Å². The summed E-state index contributed by atoms with van der Waals surface area (Å²) in [6.07, 6.45) is 0.439. The third kappa shape index (κ3) is 3.61. The molecule has 0 spiro atoms. The number of carbonyl (C=O) groups is 1. The zero-order chi connectivity index (χ0) is 15.2. The Hall–Kier alpha value is -2.33. The number of hydrogen-bond acceptors (Lipinski definition) is 4. The second-order valence-corrected chi connectivity index (χ2v) is 4.72. The van der Waals surface area contributed by atoms with Gasteiger partial charge in [0.2, 0.25) is 0 Å². The minimum absolute atomic E-state index is 0.403. The average molecular weight is 285 g/mol. The second-order valence-electron chi connectivity index (χ2n) is 4.72. The van der Waals surface area contributed by atoms with Crippen LogP contribution in [0.25, 0.3) is 11.1 Å². The van der Waals surface area contributed by atoms with Gasteiger partial charge in [-0.2, -0.15) is 0 Å². The lowest BCUT2D eigenvalue weighted by Crippen LogP contribution is -2.33. The van der Waals surface area contributed by atoms with E-state index in [1.807, 2.05) is 48.5 Å². The molecule has 2 rings (SSSR count). The molecule has 2 N–H and O–H groups in total. The van der Waals surface area contributed by atoms with E-state index in [2.05, 4.69) is 4.74 Å². The first-order valence-electron chi connectivity index (χ1n) is 6.71. The number of benzene rings is 2. The highest BCUT2D eigenvalue weighted by atomic mass is 16.5. The fourth-order valence-corrected chi connectivity index (χ4v) is 2.22. The van der Waals surface area contributed by atoms with E-state index < -0.39 is 12.0 Å². The standard InChI is InChI=1S/C17H19NO3/c1-20-14-9-7-12(8-10-14)15-6-4-3-5-13(15)11-16(18)17(19)21-2/h3-10,16H,11,18H2,1-2H3. The molecule has 0 amide bonds. The quantitative estimate of drug-likeness (QED) is 0.857. The maximum atomic E-state index is 11.5. The first-order chi connectivity index (χ1) is 10.2. The lowest BCUT2D eigenvalue weighted by molar-refractivity contribution is -0.142. The van der Waals surface area contributed by atoms with Gasteiger partial charge in [0.1, 0.15) is 11.8 Å². The number of ether oxygens (including phenoxy) is 2. The highest BCUT2D eigenvalue weighted by Crippen LogP contribution is 2.26. The molecular weight excluding hydrogens is 266 g/mol. The molecule has 0 heterocycles. The minimum atomic E-state index is -0.658. The van der Waals surface area contributed by atoms with E-state index in [-0.39, 0.29) is 0 Å². The van der Waals surface area contributed by atoms with E-state index in [0.29, 0.717) is 6.42 Å². The molecule has 0 radical (unpaired) electrons. The van der Waals surface area contributed by atoms with Crippen molar-refractivity contribution in [3.63, 3.8) is 0 Å². The maximum Gasteiger partial charge on any atom is 0.322 e. The Morgan fingerprint density at radius 2 is 1.76 bits per heavy atom. The van der Waals surface area contributed by atoms with Crippen molar-refractivity contribution < 1.29 is 14.3 Å². The molecule has 0 aliphatic carbocycles. The van der Waals surface area contributed by atoms with Gasteiger partial charge in [0, 0.05) is 0 Å². The Balaban J connectivity index is 2.29. The van der Waals surface area contributed by atoms with Crippen molar-refractivity contribution in [2.75, 3.05) is 14.2 Å². The van der Waals surface area contributed by atoms with E-state index in [0.717, 1.165) is 22.4 Å². The highest BCUT2D eigenvalue weighted by Gasteiger charge is 2.16. The third-order valence-electron chi connectivity index (χ3n) is 3.36. The Labute approximate surface area is 124 Å². The minimum Gasteiger partial charge on any atom is -0.497 e. The molecule has 4 heteroatoms. The first kappa shape index (κ1) is 15.1. The van der Waals surface area contributed by atoms with Crippen LogP contribution >= 0.6 is 0 Å². The third-order valence-corrected chi connectivity index (χ3v) is 3.36. The zero-order valence-electron chi connectivity index (χ0n) is 12.2. The summed E-state index contributed by atoms with van der Waals surface area (Å²) in [7, 11) is 2.98. The van der Waals surface area contributed by atoms with Crippen LogP contribution in [-0.2, 0) is 16.0 Å². The van der Waals surface area contributed by atoms with Crippen molar-refractivity contribution in [2.45, 2.75) is 12.5 Å². The van der Waals surface area contributed by atoms with Gasteiger partial charge < -0.3 is 15.2 Å². The number of rotatable bonds is 5. The molecule has 0 aromatic heterocycles. The van der Waals surface area contributed by atoms with Crippen molar-refractivity contribution in [2.24, 2.45) is 5.73 Å². The van der Waals surface area contributed by atoms with Crippen LogP contribution in [0.4, 0.5) is 0 Å². The lowest BCUT2D eigenvalue weighted by Gasteiger charge is -2.13. The molecule has 1 atom stereocenters. The second kappa shape index (κ2) is 6.90. The van der Waals surface area contributed by atoms with Gasteiger partial charge in [0.05, 0.1) is 14.2 Å². The van der Waals surface area contributed by atoms with Crippen molar-refractivity contribution in [3.8, 4) is 16.9 Å². The topological polar surface area (TPSA) is 61.5 Å². The first-order valence-corrected chi connectivity index (χ1v) is 6.71. The lowest BCUT2D eigenvalue weighted by atomic mass is 9.95. The van der Waals surface area contributed by atoms with E-state index in [4.69, 9.17) is 10.5 Å². The molecule has 1 unspecified atom stereocenters. The van der Waals surface area contributed by atoms with Gasteiger partial charge in [-0.3, -0.25) is 4.79 Å². The molecule has 110 valence electrons. The van der Waals surface area contributed by atoms with Crippen LogP contribution in [0.5, 0.6) is 5.75 Å². The summed E-state index contributed by atoms with van der Waals surface area (Å²) in [5.41, 5.74) is 8.99. The van der Waals surface area contributed by atoms with Crippen LogP contribution in [-0.4, -0.2) is 26.2 Å². The summed E-state index contributed by atoms with van der Waals surface area (Å²) in [6.45, 7) is 0. The molecular formula is C17H19NO3. The number of methoxy groups -OCH3 is 2. The van der Waals surface area contributed by atoms with Crippen LogP contribution in [0.3, 0.4) is 0 Å². The van der Waals surface area contributed by atoms with Crippen LogP contribution in [0.2, 0.25) is 0 Å². The fourth-order valence-electron chi connectivity index (χ4n) is 2.22. The van der Waals surface area contributed by atoms with Crippen LogP contribution in [0, 0.1) is 0 Å². The van der Waals surface area contributed by atoms with Gasteiger partial charge in [-0.15, -0.1) is 0 Å². The molecule has 21 heavy (non-hydrogen) atoms. The van der Waals surface area contributed by atoms with Crippen molar-refractivity contribution in [1.29, 1.82) is 0 Å². The van der Waals surface area contributed by atoms with Crippen molar-refractivity contribution in [3.05, 3.63) is 54.1 Å². The predicted octanol–water partition coefficient (Wildman–Crippen LogP) is 2.41. The molecule has 2 aromatic carbocycles. The summed E-state index contributed by atoms with van der Waals surface area (Å²) in [5.74, 6) is 0.405. The largest absolute Gasteiger partial charge is 0.497 e. The summed E-state index contributed by atoms with van der Waals surface area (Å²) < 4.78 is 9.84. The molecule has 2 aromatic rings. The van der Waals surface area contributed by atoms with Crippen molar-refractivity contribution >= 4 is 5.97 Å². The summed E-state index contributed by atoms with van der Waals surface area (Å²) in [6, 6.07) is 15.0. The fraction of sp³-hybridized carbons (Fsp3) is 0.235. The van der Waals surface area contributed by atoms with Gasteiger partial charge in [0.25, 0.3) is 0 Å². The monoisotopic (exact) mass is 285 g/mol. The molecule has 0 aliphatic heterocycles. The number of carbonyl (C=O) groups excluding carboxylic acids is 1. The van der Waals surface area contributed by atoms with Gasteiger partial charge >= 0.3 is 5.97 Å². The Bertz CT molecular complexity index is 608. The zero-order valence-corrected chi connectivity index (χ0v) is 12.2. The van der Waals surface area contributed by atoms with Crippen LogP contribution < -0.4 is 10.5 Å². The summed E-state index contributed by atoms with van der Waals surface area (Å²) in [5, 5.41) is 0. The van der Waals surface area contributed by atoms with E-state index in [1.54, 1.807) is 7.11 Å². The van der Waals surface area contributed by atoms with Crippen LogP contribution in [0.15, 0.2) is 48.5 Å². The van der Waals surface area contributed by atoms with Gasteiger partial charge in [-0.1, -0.05) is 36.4 Å². The van der Waals surface area contributed by atoms with E-state index in [9.17, 15) is 4.79 Å². The molecule has 0 saturated carbocycles. The summed E-state index contributed by atoms with van der Waals surface area (Å²) in [4.78, 5) is 11.5. The number of hydrogen-bond donors (Lipinski definition) is 1. The van der Waals surface area contributed by atoms with Crippen LogP contribution in [0.1, 0.15) is 5.56 Å². The summed E-state index contributed by atoms with van der Waals surface area (Å²) >= 11 is 0. The molecule has 0 aliphatic rings. The molecule has 4 nitrogen and oxygen atoms in total. The van der Waals surface area contributed by atoms with E-state index >= 15 is 0 Å². The molecule has 0 bridgehead atoms. The highest BCUT2D eigenvalue weighted by molar-refractivity contribution is 5.77. The predicted molar refractivity (Wildman–Crippen MR) is 82.1 cm³/mol. The number of esters is 1. The number of nitrogens with two attached hydrogens (primary N) is 1. The van der Waals surface area contributed by atoms with Crippen molar-refractivity contribution in [1.82, 2.24) is 0 Å². The van der Waals surface area contributed by atoms with E-state index in [1.165, 1.54) is 7.11 Å². The Morgan fingerprint density at radius 1 is 1.10 bits per heavy atom. The van der Waals surface area contributed by atoms with Gasteiger partial charge in [-0.25, -0.2) is 0 Å². The SMILES string of the molecule is COC(=O)C(N)Cc1ccccc1-c1ccc(OC)cc1. The smallest absolute Gasteiger partial charge is 0.322 e. The maximum absolute atomic E-state index is 11.5. The normalized spacial score (nSPS) is 11.8. The van der Waals surface area contributed by atoms with Gasteiger partial charge in [0.15, 0.2) is 0 Å². The Morgan fingerprint density at radius 3 is 2.38 bits per heavy atom.